The van der Waals surface area contributed by atoms with Gasteiger partial charge < -0.3 is 15.0 Å². The Hall–Kier alpha value is -3.43. The molecule has 0 bridgehead atoms. The fraction of sp³-hybridized carbons (Fsp3) is 0.357. The first kappa shape index (κ1) is 28.1. The van der Waals surface area contributed by atoms with E-state index in [4.69, 9.17) is 4.74 Å². The van der Waals surface area contributed by atoms with E-state index < -0.39 is 34.1 Å². The zero-order valence-corrected chi connectivity index (χ0v) is 23.0. The molecule has 0 saturated carbocycles. The lowest BCUT2D eigenvalue weighted by Gasteiger charge is -2.32. The third kappa shape index (κ3) is 7.08. The lowest BCUT2D eigenvalue weighted by atomic mass is 10.1. The first-order valence-corrected chi connectivity index (χ1v) is 13.5. The maximum absolute atomic E-state index is 13.5. The summed E-state index contributed by atoms with van der Waals surface area (Å²) in [4.78, 5) is 28.0. The van der Waals surface area contributed by atoms with E-state index in [0.717, 1.165) is 20.6 Å². The van der Waals surface area contributed by atoms with Crippen LogP contribution in [0.4, 0.5) is 0 Å². The standard InChI is InChI=1S/C28H35N3O5S/c1-20(27(33)29-28(2,3)4)31(18-21-10-9-13-24(16-21)36-6)26(32)19-30(5)37(34,35)25-15-14-22-11-7-8-12-23(22)17-25/h7-17,20H,18-19H2,1-6H3,(H,29,33)/t20-/m0/s1. The fourth-order valence-corrected chi connectivity index (χ4v) is 5.05. The summed E-state index contributed by atoms with van der Waals surface area (Å²) < 4.78 is 33.0. The van der Waals surface area contributed by atoms with Gasteiger partial charge in [-0.05, 0) is 68.3 Å². The van der Waals surface area contributed by atoms with Gasteiger partial charge >= 0.3 is 0 Å². The molecule has 37 heavy (non-hydrogen) atoms. The first-order chi connectivity index (χ1) is 17.3. The van der Waals surface area contributed by atoms with Crippen LogP contribution in [0.5, 0.6) is 5.75 Å². The number of carbonyl (C=O) groups is 2. The summed E-state index contributed by atoms with van der Waals surface area (Å²) in [5, 5.41) is 4.61. The van der Waals surface area contributed by atoms with Gasteiger partial charge in [0.15, 0.2) is 0 Å². The van der Waals surface area contributed by atoms with Crippen LogP contribution in [0.1, 0.15) is 33.3 Å². The Kier molecular flexibility index (Phi) is 8.60. The van der Waals surface area contributed by atoms with E-state index in [1.165, 1.54) is 18.0 Å². The molecule has 0 unspecified atom stereocenters. The number of amides is 2. The van der Waals surface area contributed by atoms with Gasteiger partial charge in [0.25, 0.3) is 0 Å². The van der Waals surface area contributed by atoms with Crippen molar-refractivity contribution >= 4 is 32.6 Å². The van der Waals surface area contributed by atoms with Crippen LogP contribution in [-0.4, -0.2) is 61.7 Å². The molecule has 3 aromatic carbocycles. The smallest absolute Gasteiger partial charge is 0.243 e. The first-order valence-electron chi connectivity index (χ1n) is 12.0. The number of nitrogens with one attached hydrogen (secondary N) is 1. The lowest BCUT2D eigenvalue weighted by Crippen LogP contribution is -2.54. The van der Waals surface area contributed by atoms with E-state index in [0.29, 0.717) is 5.75 Å². The van der Waals surface area contributed by atoms with Gasteiger partial charge in [0.2, 0.25) is 21.8 Å². The summed E-state index contributed by atoms with van der Waals surface area (Å²) in [6.45, 7) is 6.89. The molecule has 2 amide bonds. The van der Waals surface area contributed by atoms with Crippen molar-refractivity contribution in [1.82, 2.24) is 14.5 Å². The lowest BCUT2D eigenvalue weighted by molar-refractivity contribution is -0.141. The number of hydrogen-bond donors (Lipinski definition) is 1. The highest BCUT2D eigenvalue weighted by molar-refractivity contribution is 7.89. The Labute approximate surface area is 219 Å². The molecular formula is C28H35N3O5S. The highest BCUT2D eigenvalue weighted by Gasteiger charge is 2.31. The number of carbonyl (C=O) groups excluding carboxylic acids is 2. The van der Waals surface area contributed by atoms with Gasteiger partial charge in [0.05, 0.1) is 18.6 Å². The molecular weight excluding hydrogens is 490 g/mol. The van der Waals surface area contributed by atoms with Gasteiger partial charge in [0, 0.05) is 19.1 Å². The van der Waals surface area contributed by atoms with Crippen molar-refractivity contribution in [3.63, 3.8) is 0 Å². The molecule has 198 valence electrons. The number of nitrogens with zero attached hydrogens (tertiary/aromatic N) is 2. The summed E-state index contributed by atoms with van der Waals surface area (Å²) in [7, 11) is -1.04. The maximum atomic E-state index is 13.5. The van der Waals surface area contributed by atoms with Gasteiger partial charge in [0.1, 0.15) is 11.8 Å². The zero-order valence-electron chi connectivity index (χ0n) is 22.2. The van der Waals surface area contributed by atoms with Crippen molar-refractivity contribution in [2.45, 2.75) is 50.7 Å². The topological polar surface area (TPSA) is 96.0 Å². The number of rotatable bonds is 9. The summed E-state index contributed by atoms with van der Waals surface area (Å²) in [6, 6.07) is 18.7. The Morgan fingerprint density at radius 3 is 2.30 bits per heavy atom. The highest BCUT2D eigenvalue weighted by atomic mass is 32.2. The summed E-state index contributed by atoms with van der Waals surface area (Å²) in [5.74, 6) is -0.206. The van der Waals surface area contributed by atoms with Crippen LogP contribution in [0.3, 0.4) is 0 Å². The van der Waals surface area contributed by atoms with Crippen LogP contribution in [0.15, 0.2) is 71.6 Å². The van der Waals surface area contributed by atoms with Crippen LogP contribution < -0.4 is 10.1 Å². The predicted octanol–water partition coefficient (Wildman–Crippen LogP) is 3.80. The van der Waals surface area contributed by atoms with E-state index in [-0.39, 0.29) is 17.3 Å². The molecule has 0 aliphatic heterocycles. The number of hydrogen-bond acceptors (Lipinski definition) is 5. The van der Waals surface area contributed by atoms with Crippen molar-refractivity contribution in [3.05, 3.63) is 72.3 Å². The SMILES string of the molecule is COc1cccc(CN(C(=O)CN(C)S(=O)(=O)c2ccc3ccccc3c2)[C@@H](C)C(=O)NC(C)(C)C)c1. The molecule has 0 heterocycles. The normalized spacial score (nSPS) is 12.8. The molecule has 0 aliphatic carbocycles. The average molecular weight is 526 g/mol. The molecule has 3 rings (SSSR count). The second-order valence-electron chi connectivity index (χ2n) is 10.1. The molecule has 0 aliphatic rings. The summed E-state index contributed by atoms with van der Waals surface area (Å²) in [5.41, 5.74) is 0.259. The molecule has 0 spiro atoms. The second-order valence-corrected chi connectivity index (χ2v) is 12.1. The molecule has 1 atom stereocenters. The minimum atomic E-state index is -3.95. The van der Waals surface area contributed by atoms with E-state index >= 15 is 0 Å². The number of fused-ring (bicyclic) bond motifs is 1. The molecule has 0 radical (unpaired) electrons. The van der Waals surface area contributed by atoms with Crippen molar-refractivity contribution in [2.75, 3.05) is 20.7 Å². The Balaban J connectivity index is 1.87. The molecule has 1 N–H and O–H groups in total. The highest BCUT2D eigenvalue weighted by Crippen LogP contribution is 2.22. The molecule has 0 saturated heterocycles. The van der Waals surface area contributed by atoms with E-state index in [1.54, 1.807) is 44.4 Å². The van der Waals surface area contributed by atoms with Crippen LogP contribution in [0, 0.1) is 0 Å². The number of sulfonamides is 1. The van der Waals surface area contributed by atoms with Crippen molar-refractivity contribution in [1.29, 1.82) is 0 Å². The Morgan fingerprint density at radius 2 is 1.65 bits per heavy atom. The van der Waals surface area contributed by atoms with Gasteiger partial charge in [-0.3, -0.25) is 9.59 Å². The van der Waals surface area contributed by atoms with Gasteiger partial charge in [-0.15, -0.1) is 0 Å². The van der Waals surface area contributed by atoms with E-state index in [1.807, 2.05) is 51.1 Å². The number of methoxy groups -OCH3 is 1. The van der Waals surface area contributed by atoms with Gasteiger partial charge in [-0.25, -0.2) is 8.42 Å². The third-order valence-corrected chi connectivity index (χ3v) is 7.74. The number of ether oxygens (including phenoxy) is 1. The van der Waals surface area contributed by atoms with E-state index in [9.17, 15) is 18.0 Å². The van der Waals surface area contributed by atoms with Crippen LogP contribution in [0.2, 0.25) is 0 Å². The van der Waals surface area contributed by atoms with Crippen LogP contribution >= 0.6 is 0 Å². The molecule has 0 aromatic heterocycles. The van der Waals surface area contributed by atoms with Gasteiger partial charge in [-0.2, -0.15) is 4.31 Å². The van der Waals surface area contributed by atoms with E-state index in [2.05, 4.69) is 5.32 Å². The quantitative estimate of drug-likeness (QED) is 0.459. The molecule has 8 nitrogen and oxygen atoms in total. The van der Waals surface area contributed by atoms with Crippen LogP contribution in [0.25, 0.3) is 10.8 Å². The second kappa shape index (κ2) is 11.3. The fourth-order valence-electron chi connectivity index (χ4n) is 3.90. The third-order valence-electron chi connectivity index (χ3n) is 5.94. The van der Waals surface area contributed by atoms with Crippen LogP contribution in [-0.2, 0) is 26.2 Å². The largest absolute Gasteiger partial charge is 0.497 e. The minimum absolute atomic E-state index is 0.0966. The molecule has 9 heteroatoms. The predicted molar refractivity (Wildman–Crippen MR) is 145 cm³/mol. The van der Waals surface area contributed by atoms with Gasteiger partial charge in [-0.1, -0.05) is 42.5 Å². The number of likely N-dealkylation sites (N-methyl/N-ethyl adjacent to an activating group) is 1. The monoisotopic (exact) mass is 525 g/mol. The summed E-state index contributed by atoms with van der Waals surface area (Å²) >= 11 is 0. The number of benzene rings is 3. The van der Waals surface area contributed by atoms with Crippen molar-refractivity contribution < 1.29 is 22.7 Å². The van der Waals surface area contributed by atoms with Crippen molar-refractivity contribution in [2.24, 2.45) is 0 Å². The summed E-state index contributed by atoms with van der Waals surface area (Å²) in [6.07, 6.45) is 0. The average Bonchev–Trinajstić information content (AvgIpc) is 2.85. The molecule has 3 aromatic rings. The Bertz CT molecular complexity index is 1380. The van der Waals surface area contributed by atoms with Crippen molar-refractivity contribution in [3.8, 4) is 5.75 Å². The minimum Gasteiger partial charge on any atom is -0.497 e. The Morgan fingerprint density at radius 1 is 0.973 bits per heavy atom. The zero-order chi connectivity index (χ0) is 27.4. The molecule has 0 fully saturated rings. The maximum Gasteiger partial charge on any atom is 0.243 e.